The van der Waals surface area contributed by atoms with Crippen LogP contribution in [-0.2, 0) is 11.2 Å². The standard InChI is InChI=1S/C13H19N3O3S/c1-9-15-11(8-20-9)2-5-14-13(19)16-6-3-10(4-7-16)12(17)18/h8,10H,2-7H2,1H3,(H,14,19)(H,17,18). The number of hydrogen-bond acceptors (Lipinski definition) is 4. The Morgan fingerprint density at radius 2 is 2.20 bits per heavy atom. The smallest absolute Gasteiger partial charge is 0.317 e. The van der Waals surface area contributed by atoms with Crippen LogP contribution in [0.4, 0.5) is 4.79 Å². The molecule has 1 saturated heterocycles. The van der Waals surface area contributed by atoms with Crippen LogP contribution in [-0.4, -0.2) is 46.6 Å². The Kier molecular flexibility index (Phi) is 4.94. The normalized spacial score (nSPS) is 16.1. The average molecular weight is 297 g/mol. The van der Waals surface area contributed by atoms with Crippen LogP contribution < -0.4 is 5.32 Å². The molecule has 0 bridgehead atoms. The van der Waals surface area contributed by atoms with Crippen molar-refractivity contribution >= 4 is 23.3 Å². The average Bonchev–Trinajstić information content (AvgIpc) is 2.84. The number of carboxylic acid groups (broad SMARTS) is 1. The number of likely N-dealkylation sites (tertiary alicyclic amines) is 1. The van der Waals surface area contributed by atoms with Gasteiger partial charge in [0.2, 0.25) is 0 Å². The van der Waals surface area contributed by atoms with Crippen molar-refractivity contribution in [3.63, 3.8) is 0 Å². The highest BCUT2D eigenvalue weighted by molar-refractivity contribution is 7.09. The first-order chi connectivity index (χ1) is 9.56. The third kappa shape index (κ3) is 3.93. The summed E-state index contributed by atoms with van der Waals surface area (Å²) in [5.74, 6) is -1.07. The highest BCUT2D eigenvalue weighted by atomic mass is 32.1. The molecule has 1 aliphatic rings. The number of amides is 2. The predicted molar refractivity (Wildman–Crippen MR) is 75.9 cm³/mol. The quantitative estimate of drug-likeness (QED) is 0.882. The fourth-order valence-electron chi connectivity index (χ4n) is 2.26. The molecule has 1 aromatic heterocycles. The number of nitrogens with one attached hydrogen (secondary N) is 1. The van der Waals surface area contributed by atoms with Crippen molar-refractivity contribution in [1.29, 1.82) is 0 Å². The maximum absolute atomic E-state index is 11.9. The highest BCUT2D eigenvalue weighted by Crippen LogP contribution is 2.17. The third-order valence-electron chi connectivity index (χ3n) is 3.46. The zero-order chi connectivity index (χ0) is 14.5. The minimum Gasteiger partial charge on any atom is -0.481 e. The molecule has 0 saturated carbocycles. The van der Waals surface area contributed by atoms with E-state index in [4.69, 9.17) is 5.11 Å². The highest BCUT2D eigenvalue weighted by Gasteiger charge is 2.26. The number of carboxylic acids is 1. The summed E-state index contributed by atoms with van der Waals surface area (Å²) in [4.78, 5) is 28.8. The summed E-state index contributed by atoms with van der Waals surface area (Å²) in [6.07, 6.45) is 1.80. The lowest BCUT2D eigenvalue weighted by Crippen LogP contribution is -2.45. The monoisotopic (exact) mass is 297 g/mol. The fourth-order valence-corrected chi connectivity index (χ4v) is 2.91. The Morgan fingerprint density at radius 1 is 1.50 bits per heavy atom. The van der Waals surface area contributed by atoms with Crippen molar-refractivity contribution in [3.8, 4) is 0 Å². The van der Waals surface area contributed by atoms with Crippen molar-refractivity contribution in [1.82, 2.24) is 15.2 Å². The third-order valence-corrected chi connectivity index (χ3v) is 4.28. The van der Waals surface area contributed by atoms with E-state index in [0.29, 0.717) is 32.5 Å². The van der Waals surface area contributed by atoms with E-state index in [1.807, 2.05) is 12.3 Å². The van der Waals surface area contributed by atoms with Crippen LogP contribution in [0.3, 0.4) is 0 Å². The van der Waals surface area contributed by atoms with Gasteiger partial charge in [0.05, 0.1) is 16.6 Å². The number of carbonyl (C=O) groups excluding carboxylic acids is 1. The molecule has 0 spiro atoms. The second-order valence-electron chi connectivity index (χ2n) is 4.94. The van der Waals surface area contributed by atoms with Gasteiger partial charge >= 0.3 is 12.0 Å². The maximum Gasteiger partial charge on any atom is 0.317 e. The number of rotatable bonds is 4. The van der Waals surface area contributed by atoms with Gasteiger partial charge in [-0.25, -0.2) is 9.78 Å². The van der Waals surface area contributed by atoms with Gasteiger partial charge < -0.3 is 15.3 Å². The first kappa shape index (κ1) is 14.8. The summed E-state index contributed by atoms with van der Waals surface area (Å²) >= 11 is 1.60. The first-order valence-electron chi connectivity index (χ1n) is 6.73. The fraction of sp³-hybridized carbons (Fsp3) is 0.615. The molecule has 0 aliphatic carbocycles. The van der Waals surface area contributed by atoms with Gasteiger partial charge in [0, 0.05) is 31.4 Å². The second-order valence-corrected chi connectivity index (χ2v) is 6.00. The molecule has 2 N–H and O–H groups in total. The summed E-state index contributed by atoms with van der Waals surface area (Å²) < 4.78 is 0. The number of carbonyl (C=O) groups is 2. The van der Waals surface area contributed by atoms with Gasteiger partial charge in [-0.2, -0.15) is 0 Å². The Morgan fingerprint density at radius 3 is 2.75 bits per heavy atom. The number of urea groups is 1. The summed E-state index contributed by atoms with van der Waals surface area (Å²) in [7, 11) is 0. The van der Waals surface area contributed by atoms with Gasteiger partial charge in [-0.3, -0.25) is 4.79 Å². The summed E-state index contributed by atoms with van der Waals surface area (Å²) in [6, 6.07) is -0.110. The Hall–Kier alpha value is -1.63. The van der Waals surface area contributed by atoms with E-state index in [2.05, 4.69) is 10.3 Å². The van der Waals surface area contributed by atoms with Gasteiger partial charge in [0.15, 0.2) is 0 Å². The molecule has 7 heteroatoms. The maximum atomic E-state index is 11.9. The number of aryl methyl sites for hydroxylation is 1. The van der Waals surface area contributed by atoms with Crippen LogP contribution in [0, 0.1) is 12.8 Å². The molecule has 2 amide bonds. The molecule has 2 heterocycles. The minimum atomic E-state index is -0.760. The van der Waals surface area contributed by atoms with Crippen LogP contribution >= 0.6 is 11.3 Å². The molecule has 0 aromatic carbocycles. The lowest BCUT2D eigenvalue weighted by Gasteiger charge is -2.30. The topological polar surface area (TPSA) is 82.5 Å². The van der Waals surface area contributed by atoms with Crippen molar-refractivity contribution in [3.05, 3.63) is 16.1 Å². The number of piperidine rings is 1. The van der Waals surface area contributed by atoms with Crippen LogP contribution in [0.25, 0.3) is 0 Å². The molecule has 2 rings (SSSR count). The van der Waals surface area contributed by atoms with Crippen LogP contribution in [0.1, 0.15) is 23.5 Å². The predicted octanol–water partition coefficient (Wildman–Crippen LogP) is 1.50. The number of hydrogen-bond donors (Lipinski definition) is 2. The molecule has 0 unspecified atom stereocenters. The molecule has 6 nitrogen and oxygen atoms in total. The van der Waals surface area contributed by atoms with Crippen molar-refractivity contribution in [2.45, 2.75) is 26.2 Å². The zero-order valence-corrected chi connectivity index (χ0v) is 12.3. The van der Waals surface area contributed by atoms with Crippen molar-refractivity contribution in [2.75, 3.05) is 19.6 Å². The van der Waals surface area contributed by atoms with Crippen LogP contribution in [0.15, 0.2) is 5.38 Å². The Balaban J connectivity index is 1.69. The van der Waals surface area contributed by atoms with Crippen LogP contribution in [0.2, 0.25) is 0 Å². The van der Waals surface area contributed by atoms with E-state index < -0.39 is 5.97 Å². The zero-order valence-electron chi connectivity index (χ0n) is 11.5. The van der Waals surface area contributed by atoms with E-state index in [1.54, 1.807) is 16.2 Å². The molecule has 1 fully saturated rings. The molecule has 0 radical (unpaired) electrons. The summed E-state index contributed by atoms with van der Waals surface area (Å²) in [5, 5.41) is 14.8. The minimum absolute atomic E-state index is 0.110. The van der Waals surface area contributed by atoms with E-state index >= 15 is 0 Å². The largest absolute Gasteiger partial charge is 0.481 e. The molecular formula is C13H19N3O3S. The van der Waals surface area contributed by atoms with E-state index in [9.17, 15) is 9.59 Å². The molecule has 20 heavy (non-hydrogen) atoms. The van der Waals surface area contributed by atoms with Gasteiger partial charge in [-0.1, -0.05) is 0 Å². The van der Waals surface area contributed by atoms with Crippen LogP contribution in [0.5, 0.6) is 0 Å². The van der Waals surface area contributed by atoms with Gasteiger partial charge in [0.1, 0.15) is 0 Å². The van der Waals surface area contributed by atoms with Gasteiger partial charge in [-0.15, -0.1) is 11.3 Å². The van der Waals surface area contributed by atoms with Crippen molar-refractivity contribution < 1.29 is 14.7 Å². The molecule has 1 aliphatic heterocycles. The second kappa shape index (κ2) is 6.69. The first-order valence-corrected chi connectivity index (χ1v) is 7.61. The van der Waals surface area contributed by atoms with Gasteiger partial charge in [-0.05, 0) is 19.8 Å². The lowest BCUT2D eigenvalue weighted by atomic mass is 9.97. The number of aromatic nitrogens is 1. The van der Waals surface area contributed by atoms with Gasteiger partial charge in [0.25, 0.3) is 0 Å². The molecule has 1 aromatic rings. The van der Waals surface area contributed by atoms with E-state index in [1.165, 1.54) is 0 Å². The number of thiazole rings is 1. The van der Waals surface area contributed by atoms with E-state index in [0.717, 1.165) is 17.1 Å². The number of aliphatic carboxylic acids is 1. The molecule has 110 valence electrons. The SMILES string of the molecule is Cc1nc(CCNC(=O)N2CCC(C(=O)O)CC2)cs1. The molecular weight excluding hydrogens is 278 g/mol. The van der Waals surface area contributed by atoms with E-state index in [-0.39, 0.29) is 11.9 Å². The molecule has 0 atom stereocenters. The Labute approximate surface area is 121 Å². The van der Waals surface area contributed by atoms with Crippen molar-refractivity contribution in [2.24, 2.45) is 5.92 Å². The summed E-state index contributed by atoms with van der Waals surface area (Å²) in [5.41, 5.74) is 0.998. The number of nitrogens with zero attached hydrogens (tertiary/aromatic N) is 2. The lowest BCUT2D eigenvalue weighted by molar-refractivity contribution is -0.143. The Bertz CT molecular complexity index is 481. The summed E-state index contributed by atoms with van der Waals surface area (Å²) in [6.45, 7) is 3.54.